The van der Waals surface area contributed by atoms with Crippen molar-refractivity contribution in [3.05, 3.63) is 29.3 Å². The Labute approximate surface area is 131 Å². The molecule has 1 fully saturated rings. The van der Waals surface area contributed by atoms with Gasteiger partial charge in [-0.25, -0.2) is 0 Å². The minimum Gasteiger partial charge on any atom is -0.385 e. The molecule has 5 nitrogen and oxygen atoms in total. The Bertz CT molecular complexity index is 537. The number of anilines is 1. The largest absolute Gasteiger partial charge is 0.385 e. The van der Waals surface area contributed by atoms with Crippen molar-refractivity contribution in [2.24, 2.45) is 5.92 Å². The van der Waals surface area contributed by atoms with E-state index in [1.54, 1.807) is 12.0 Å². The van der Waals surface area contributed by atoms with Crippen LogP contribution in [0.2, 0.25) is 0 Å². The van der Waals surface area contributed by atoms with Crippen LogP contribution in [0.5, 0.6) is 0 Å². The van der Waals surface area contributed by atoms with Gasteiger partial charge in [0.1, 0.15) is 0 Å². The third kappa shape index (κ3) is 4.07. The summed E-state index contributed by atoms with van der Waals surface area (Å²) in [5.41, 5.74) is 3.13. The molecule has 1 aromatic rings. The Kier molecular flexibility index (Phi) is 5.55. The molecule has 2 amide bonds. The molecule has 1 atom stereocenters. The van der Waals surface area contributed by atoms with Crippen LogP contribution in [0.25, 0.3) is 0 Å². The van der Waals surface area contributed by atoms with Crippen LogP contribution in [0.3, 0.4) is 0 Å². The average molecular weight is 304 g/mol. The zero-order valence-corrected chi connectivity index (χ0v) is 13.5. The zero-order valence-electron chi connectivity index (χ0n) is 13.5. The highest BCUT2D eigenvalue weighted by atomic mass is 16.5. The van der Waals surface area contributed by atoms with Gasteiger partial charge in [0.2, 0.25) is 11.8 Å². The van der Waals surface area contributed by atoms with E-state index in [-0.39, 0.29) is 24.2 Å². The summed E-state index contributed by atoms with van der Waals surface area (Å²) in [5, 5.41) is 2.88. The normalized spacial score (nSPS) is 17.9. The fourth-order valence-corrected chi connectivity index (χ4v) is 2.81. The molecule has 2 rings (SSSR count). The number of ether oxygens (including phenoxy) is 1. The van der Waals surface area contributed by atoms with Crippen molar-refractivity contribution >= 4 is 17.5 Å². The number of nitrogens with one attached hydrogen (secondary N) is 1. The van der Waals surface area contributed by atoms with Gasteiger partial charge in [0.15, 0.2) is 0 Å². The van der Waals surface area contributed by atoms with E-state index in [0.717, 1.165) is 23.2 Å². The maximum Gasteiger partial charge on any atom is 0.227 e. The number of benzene rings is 1. The minimum atomic E-state index is -0.268. The van der Waals surface area contributed by atoms with Crippen LogP contribution in [0, 0.1) is 19.8 Å². The molecular weight excluding hydrogens is 280 g/mol. The predicted molar refractivity (Wildman–Crippen MR) is 85.9 cm³/mol. The van der Waals surface area contributed by atoms with Crippen molar-refractivity contribution in [1.29, 1.82) is 0 Å². The highest BCUT2D eigenvalue weighted by Crippen LogP contribution is 2.27. The highest BCUT2D eigenvalue weighted by molar-refractivity contribution is 6.00. The lowest BCUT2D eigenvalue weighted by Crippen LogP contribution is -2.33. The first-order valence-electron chi connectivity index (χ1n) is 7.66. The Morgan fingerprint density at radius 1 is 1.32 bits per heavy atom. The van der Waals surface area contributed by atoms with Crippen molar-refractivity contribution in [2.75, 3.05) is 31.7 Å². The number of rotatable bonds is 6. The van der Waals surface area contributed by atoms with Crippen LogP contribution in [0.4, 0.5) is 5.69 Å². The maximum atomic E-state index is 12.2. The summed E-state index contributed by atoms with van der Waals surface area (Å²) in [6.45, 7) is 5.69. The summed E-state index contributed by atoms with van der Waals surface area (Å²) in [5.74, 6) is -0.297. The smallest absolute Gasteiger partial charge is 0.227 e. The molecule has 0 aliphatic carbocycles. The summed E-state index contributed by atoms with van der Waals surface area (Å²) in [6.07, 6.45) is 1.06. The second kappa shape index (κ2) is 7.40. The Balaban J connectivity index is 1.97. The number of methoxy groups -OCH3 is 1. The SMILES string of the molecule is COCCCNC(=O)[C@H]1CC(=O)N(c2cc(C)cc(C)c2)C1. The molecule has 0 radical (unpaired) electrons. The van der Waals surface area contributed by atoms with Gasteiger partial charge in [-0.2, -0.15) is 0 Å². The van der Waals surface area contributed by atoms with E-state index in [1.807, 2.05) is 26.0 Å². The second-order valence-corrected chi connectivity index (χ2v) is 5.89. The molecular formula is C17H24N2O3. The van der Waals surface area contributed by atoms with E-state index in [1.165, 1.54) is 0 Å². The van der Waals surface area contributed by atoms with Gasteiger partial charge in [0.05, 0.1) is 5.92 Å². The first kappa shape index (κ1) is 16.5. The van der Waals surface area contributed by atoms with E-state index in [9.17, 15) is 9.59 Å². The molecule has 1 aromatic carbocycles. The number of amides is 2. The van der Waals surface area contributed by atoms with Gasteiger partial charge in [-0.15, -0.1) is 0 Å². The van der Waals surface area contributed by atoms with Gasteiger partial charge in [-0.3, -0.25) is 9.59 Å². The first-order valence-corrected chi connectivity index (χ1v) is 7.66. The number of hydrogen-bond donors (Lipinski definition) is 1. The lowest BCUT2D eigenvalue weighted by molar-refractivity contribution is -0.126. The quantitative estimate of drug-likeness (QED) is 0.815. The molecule has 22 heavy (non-hydrogen) atoms. The average Bonchev–Trinajstić information content (AvgIpc) is 2.84. The molecule has 1 N–H and O–H groups in total. The molecule has 0 aromatic heterocycles. The number of aryl methyl sites for hydroxylation is 2. The molecule has 0 bridgehead atoms. The summed E-state index contributed by atoms with van der Waals surface area (Å²) >= 11 is 0. The van der Waals surface area contributed by atoms with Crippen LogP contribution in [-0.2, 0) is 14.3 Å². The zero-order chi connectivity index (χ0) is 16.1. The highest BCUT2D eigenvalue weighted by Gasteiger charge is 2.35. The van der Waals surface area contributed by atoms with Crippen molar-refractivity contribution in [3.63, 3.8) is 0 Å². The second-order valence-electron chi connectivity index (χ2n) is 5.89. The molecule has 1 aliphatic heterocycles. The number of carbonyl (C=O) groups is 2. The monoisotopic (exact) mass is 304 g/mol. The molecule has 0 saturated carbocycles. The maximum absolute atomic E-state index is 12.2. The van der Waals surface area contributed by atoms with Crippen LogP contribution in [0.1, 0.15) is 24.0 Å². The minimum absolute atomic E-state index is 0.0158. The number of hydrogen-bond acceptors (Lipinski definition) is 3. The Morgan fingerprint density at radius 2 is 2.00 bits per heavy atom. The fourth-order valence-electron chi connectivity index (χ4n) is 2.81. The Hall–Kier alpha value is -1.88. The molecule has 0 spiro atoms. The van der Waals surface area contributed by atoms with Crippen molar-refractivity contribution in [2.45, 2.75) is 26.7 Å². The van der Waals surface area contributed by atoms with Gasteiger partial charge in [-0.05, 0) is 43.5 Å². The van der Waals surface area contributed by atoms with Crippen molar-refractivity contribution < 1.29 is 14.3 Å². The third-order valence-corrected chi connectivity index (χ3v) is 3.84. The summed E-state index contributed by atoms with van der Waals surface area (Å²) in [7, 11) is 1.64. The van der Waals surface area contributed by atoms with E-state index >= 15 is 0 Å². The molecule has 0 unspecified atom stereocenters. The van der Waals surface area contributed by atoms with Gasteiger partial charge in [0.25, 0.3) is 0 Å². The molecule has 1 saturated heterocycles. The van der Waals surface area contributed by atoms with E-state index in [2.05, 4.69) is 11.4 Å². The van der Waals surface area contributed by atoms with Crippen LogP contribution in [0.15, 0.2) is 18.2 Å². The molecule has 5 heteroatoms. The summed E-state index contributed by atoms with van der Waals surface area (Å²) < 4.78 is 4.95. The fraction of sp³-hybridized carbons (Fsp3) is 0.529. The number of nitrogens with zero attached hydrogens (tertiary/aromatic N) is 1. The molecule has 1 aliphatic rings. The number of carbonyl (C=O) groups excluding carboxylic acids is 2. The van der Waals surface area contributed by atoms with Crippen LogP contribution >= 0.6 is 0 Å². The lowest BCUT2D eigenvalue weighted by Gasteiger charge is -2.18. The van der Waals surface area contributed by atoms with Gasteiger partial charge < -0.3 is 15.0 Å². The lowest BCUT2D eigenvalue weighted by atomic mass is 10.1. The summed E-state index contributed by atoms with van der Waals surface area (Å²) in [4.78, 5) is 26.1. The van der Waals surface area contributed by atoms with Gasteiger partial charge >= 0.3 is 0 Å². The topological polar surface area (TPSA) is 58.6 Å². The predicted octanol–water partition coefficient (Wildman–Crippen LogP) is 1.81. The van der Waals surface area contributed by atoms with Crippen LogP contribution < -0.4 is 10.2 Å². The third-order valence-electron chi connectivity index (χ3n) is 3.84. The van der Waals surface area contributed by atoms with Crippen LogP contribution in [-0.4, -0.2) is 38.6 Å². The standard InChI is InChI=1S/C17H24N2O3/c1-12-7-13(2)9-15(8-12)19-11-14(10-16(19)20)17(21)18-5-4-6-22-3/h7-9,14H,4-6,10-11H2,1-3H3,(H,18,21)/t14-/m0/s1. The van der Waals surface area contributed by atoms with Crippen molar-refractivity contribution in [3.8, 4) is 0 Å². The van der Waals surface area contributed by atoms with E-state index < -0.39 is 0 Å². The Morgan fingerprint density at radius 3 is 2.64 bits per heavy atom. The van der Waals surface area contributed by atoms with Gasteiger partial charge in [0, 0.05) is 38.9 Å². The van der Waals surface area contributed by atoms with Gasteiger partial charge in [-0.1, -0.05) is 6.07 Å². The molecule has 120 valence electrons. The first-order chi connectivity index (χ1) is 10.5. The summed E-state index contributed by atoms with van der Waals surface area (Å²) in [6, 6.07) is 6.05. The van der Waals surface area contributed by atoms with E-state index in [0.29, 0.717) is 19.7 Å². The molecule has 1 heterocycles. The van der Waals surface area contributed by atoms with Crippen molar-refractivity contribution in [1.82, 2.24) is 5.32 Å². The van der Waals surface area contributed by atoms with E-state index in [4.69, 9.17) is 4.74 Å².